The molecule has 6 nitrogen and oxygen atoms in total. The first-order valence-corrected chi connectivity index (χ1v) is 11.0. The average Bonchev–Trinajstić information content (AvgIpc) is 2.70. The molecule has 8 heteroatoms. The van der Waals surface area contributed by atoms with Gasteiger partial charge in [-0.1, -0.05) is 23.7 Å². The lowest BCUT2D eigenvalue weighted by atomic mass is 10.2. The summed E-state index contributed by atoms with van der Waals surface area (Å²) in [5.74, 6) is 0.157. The molecular weight excluding hydrogens is 424 g/mol. The predicted molar refractivity (Wildman–Crippen MR) is 119 cm³/mol. The molecule has 0 aliphatic carbocycles. The number of hydrogen-bond donors (Lipinski definition) is 2. The summed E-state index contributed by atoms with van der Waals surface area (Å²) < 4.78 is 33.2. The quantitative estimate of drug-likeness (QED) is 0.545. The molecule has 0 aliphatic heterocycles. The number of sulfonamides is 1. The van der Waals surface area contributed by atoms with Gasteiger partial charge in [-0.15, -0.1) is 0 Å². The van der Waals surface area contributed by atoms with Crippen LogP contribution in [0.5, 0.6) is 5.75 Å². The number of nitrogens with one attached hydrogen (secondary N) is 2. The number of carbonyl (C=O) groups excluding carboxylic acids is 1. The predicted octanol–water partition coefficient (Wildman–Crippen LogP) is 4.86. The van der Waals surface area contributed by atoms with Gasteiger partial charge in [-0.25, -0.2) is 8.42 Å². The summed E-state index contributed by atoms with van der Waals surface area (Å²) >= 11 is 5.83. The van der Waals surface area contributed by atoms with Crippen molar-refractivity contribution in [2.75, 3.05) is 10.0 Å². The molecule has 2 N–H and O–H groups in total. The molecule has 156 valence electrons. The molecule has 0 aliphatic rings. The van der Waals surface area contributed by atoms with Gasteiger partial charge >= 0.3 is 0 Å². The minimum atomic E-state index is -3.73. The molecular formula is C22H21ClN2O4S. The highest BCUT2D eigenvalue weighted by Crippen LogP contribution is 2.20. The van der Waals surface area contributed by atoms with Crippen LogP contribution in [0.3, 0.4) is 0 Å². The van der Waals surface area contributed by atoms with Gasteiger partial charge in [0, 0.05) is 16.4 Å². The van der Waals surface area contributed by atoms with Gasteiger partial charge in [0.15, 0.2) is 6.10 Å². The zero-order chi connectivity index (χ0) is 21.7. The van der Waals surface area contributed by atoms with Crippen molar-refractivity contribution < 1.29 is 17.9 Å². The second-order valence-electron chi connectivity index (χ2n) is 6.70. The number of benzene rings is 3. The van der Waals surface area contributed by atoms with Crippen LogP contribution in [-0.2, 0) is 14.8 Å². The van der Waals surface area contributed by atoms with Crippen molar-refractivity contribution >= 4 is 38.9 Å². The van der Waals surface area contributed by atoms with Gasteiger partial charge in [-0.3, -0.25) is 9.52 Å². The van der Waals surface area contributed by atoms with E-state index in [0.29, 0.717) is 22.1 Å². The van der Waals surface area contributed by atoms with E-state index >= 15 is 0 Å². The Morgan fingerprint density at radius 2 is 1.63 bits per heavy atom. The Kier molecular flexibility index (Phi) is 6.64. The highest BCUT2D eigenvalue weighted by Gasteiger charge is 2.17. The fourth-order valence-corrected chi connectivity index (χ4v) is 3.83. The molecule has 1 unspecified atom stereocenters. The highest BCUT2D eigenvalue weighted by atomic mass is 35.5. The van der Waals surface area contributed by atoms with Crippen molar-refractivity contribution in [2.45, 2.75) is 24.8 Å². The fraction of sp³-hybridized carbons (Fsp3) is 0.136. The molecule has 0 saturated heterocycles. The number of halogens is 1. The molecule has 0 radical (unpaired) electrons. The molecule has 0 spiro atoms. The third kappa shape index (κ3) is 5.75. The van der Waals surface area contributed by atoms with E-state index in [4.69, 9.17) is 16.3 Å². The topological polar surface area (TPSA) is 84.5 Å². The molecule has 0 saturated carbocycles. The first-order valence-electron chi connectivity index (χ1n) is 9.15. The maximum atomic E-state index is 12.6. The summed E-state index contributed by atoms with van der Waals surface area (Å²) in [6.07, 6.45) is -0.752. The van der Waals surface area contributed by atoms with Crippen LogP contribution in [0.2, 0.25) is 5.02 Å². The van der Waals surface area contributed by atoms with Gasteiger partial charge in [-0.05, 0) is 80.1 Å². The summed E-state index contributed by atoms with van der Waals surface area (Å²) in [4.78, 5) is 12.4. The second kappa shape index (κ2) is 9.19. The molecule has 0 aromatic heterocycles. The van der Waals surface area contributed by atoms with E-state index < -0.39 is 16.1 Å². The number of carbonyl (C=O) groups is 1. The summed E-state index contributed by atoms with van der Waals surface area (Å²) in [5.41, 5.74) is 1.89. The first-order chi connectivity index (χ1) is 14.2. The Balaban J connectivity index is 1.63. The van der Waals surface area contributed by atoms with Crippen molar-refractivity contribution in [2.24, 2.45) is 0 Å². The van der Waals surface area contributed by atoms with E-state index in [1.54, 1.807) is 49.4 Å². The van der Waals surface area contributed by atoms with Crippen LogP contribution in [0.1, 0.15) is 12.5 Å². The Bertz CT molecular complexity index is 1130. The van der Waals surface area contributed by atoms with Crippen LogP contribution in [0.15, 0.2) is 77.7 Å². The van der Waals surface area contributed by atoms with Crippen LogP contribution < -0.4 is 14.8 Å². The van der Waals surface area contributed by atoms with Crippen molar-refractivity contribution in [3.63, 3.8) is 0 Å². The third-order valence-electron chi connectivity index (χ3n) is 4.20. The SMILES string of the molecule is Cc1cccc(NS(=O)(=O)c2ccc(NC(=O)C(C)Oc3ccc(Cl)cc3)cc2)c1. The van der Waals surface area contributed by atoms with Crippen LogP contribution in [-0.4, -0.2) is 20.4 Å². The van der Waals surface area contributed by atoms with Gasteiger partial charge in [0.1, 0.15) is 5.75 Å². The summed E-state index contributed by atoms with van der Waals surface area (Å²) in [5, 5.41) is 3.28. The van der Waals surface area contributed by atoms with Crippen LogP contribution in [0.4, 0.5) is 11.4 Å². The second-order valence-corrected chi connectivity index (χ2v) is 8.82. The zero-order valence-electron chi connectivity index (χ0n) is 16.4. The number of aryl methyl sites for hydroxylation is 1. The third-order valence-corrected chi connectivity index (χ3v) is 5.85. The monoisotopic (exact) mass is 444 g/mol. The van der Waals surface area contributed by atoms with Crippen LogP contribution in [0, 0.1) is 6.92 Å². The van der Waals surface area contributed by atoms with Crippen molar-refractivity contribution in [1.82, 2.24) is 0 Å². The standard InChI is InChI=1S/C22H21ClN2O4S/c1-15-4-3-5-19(14-15)25-30(27,28)21-12-8-18(9-13-21)24-22(26)16(2)29-20-10-6-17(23)7-11-20/h3-14,16,25H,1-2H3,(H,24,26). The number of amides is 1. The zero-order valence-corrected chi connectivity index (χ0v) is 18.0. The summed E-state index contributed by atoms with van der Waals surface area (Å²) in [7, 11) is -3.73. The van der Waals surface area contributed by atoms with Crippen molar-refractivity contribution in [1.29, 1.82) is 0 Å². The van der Waals surface area contributed by atoms with E-state index in [2.05, 4.69) is 10.0 Å². The minimum absolute atomic E-state index is 0.0902. The Labute approximate surface area is 180 Å². The van der Waals surface area contributed by atoms with E-state index in [1.807, 2.05) is 13.0 Å². The van der Waals surface area contributed by atoms with Gasteiger partial charge in [0.25, 0.3) is 15.9 Å². The lowest BCUT2D eigenvalue weighted by molar-refractivity contribution is -0.122. The lowest BCUT2D eigenvalue weighted by Crippen LogP contribution is -2.30. The van der Waals surface area contributed by atoms with Gasteiger partial charge in [0.2, 0.25) is 0 Å². The van der Waals surface area contributed by atoms with E-state index in [-0.39, 0.29) is 10.8 Å². The minimum Gasteiger partial charge on any atom is -0.481 e. The van der Waals surface area contributed by atoms with Crippen molar-refractivity contribution in [3.8, 4) is 5.75 Å². The number of ether oxygens (including phenoxy) is 1. The molecule has 3 aromatic carbocycles. The van der Waals surface area contributed by atoms with Crippen molar-refractivity contribution in [3.05, 3.63) is 83.4 Å². The molecule has 3 rings (SSSR count). The summed E-state index contributed by atoms with van der Waals surface area (Å²) in [6, 6.07) is 19.7. The van der Waals surface area contributed by atoms with Crippen LogP contribution >= 0.6 is 11.6 Å². The molecule has 0 fully saturated rings. The largest absolute Gasteiger partial charge is 0.481 e. The highest BCUT2D eigenvalue weighted by molar-refractivity contribution is 7.92. The van der Waals surface area contributed by atoms with Gasteiger partial charge < -0.3 is 10.1 Å². The Morgan fingerprint density at radius 3 is 2.27 bits per heavy atom. The van der Waals surface area contributed by atoms with E-state index in [9.17, 15) is 13.2 Å². The fourth-order valence-electron chi connectivity index (χ4n) is 2.65. The summed E-state index contributed by atoms with van der Waals surface area (Å²) in [6.45, 7) is 3.50. The van der Waals surface area contributed by atoms with Gasteiger partial charge in [-0.2, -0.15) is 0 Å². The number of anilines is 2. The molecule has 3 aromatic rings. The number of hydrogen-bond acceptors (Lipinski definition) is 4. The first kappa shape index (κ1) is 21.7. The normalized spacial score (nSPS) is 12.1. The lowest BCUT2D eigenvalue weighted by Gasteiger charge is -2.15. The maximum absolute atomic E-state index is 12.6. The molecule has 0 heterocycles. The average molecular weight is 445 g/mol. The van der Waals surface area contributed by atoms with E-state index in [0.717, 1.165) is 5.56 Å². The molecule has 0 bridgehead atoms. The molecule has 1 atom stereocenters. The smallest absolute Gasteiger partial charge is 0.265 e. The van der Waals surface area contributed by atoms with Gasteiger partial charge in [0.05, 0.1) is 4.90 Å². The number of rotatable bonds is 7. The Morgan fingerprint density at radius 1 is 0.967 bits per heavy atom. The molecule has 1 amide bonds. The van der Waals surface area contributed by atoms with Crippen LogP contribution in [0.25, 0.3) is 0 Å². The maximum Gasteiger partial charge on any atom is 0.265 e. The molecule has 30 heavy (non-hydrogen) atoms. The Hall–Kier alpha value is -3.03. The van der Waals surface area contributed by atoms with E-state index in [1.165, 1.54) is 24.3 Å².